The molecule has 4 aliphatic rings. The van der Waals surface area contributed by atoms with Crippen LogP contribution in [0.2, 0.25) is 0 Å². The van der Waals surface area contributed by atoms with Crippen molar-refractivity contribution in [2.24, 2.45) is 10.8 Å². The van der Waals surface area contributed by atoms with Crippen molar-refractivity contribution in [2.45, 2.75) is 201 Å². The lowest BCUT2D eigenvalue weighted by Crippen LogP contribution is -2.56. The number of nitrogens with zero attached hydrogens (tertiary/aromatic N) is 2. The fourth-order valence-corrected chi connectivity index (χ4v) is 12.1. The van der Waals surface area contributed by atoms with Crippen LogP contribution in [0.5, 0.6) is 0 Å². The lowest BCUT2D eigenvalue weighted by Gasteiger charge is -2.50. The summed E-state index contributed by atoms with van der Waals surface area (Å²) in [7, 11) is 1.21. The van der Waals surface area contributed by atoms with Gasteiger partial charge in [0, 0.05) is 34.3 Å². The van der Waals surface area contributed by atoms with Crippen molar-refractivity contribution in [3.05, 3.63) is 64.6 Å². The van der Waals surface area contributed by atoms with Crippen molar-refractivity contribution in [2.75, 3.05) is 9.80 Å². The van der Waals surface area contributed by atoms with Crippen LogP contribution in [-0.4, -0.2) is 24.3 Å². The monoisotopic (exact) mass is 664 g/mol. The molecule has 1 radical (unpaired) electrons. The average molecular weight is 664 g/mol. The summed E-state index contributed by atoms with van der Waals surface area (Å²) in [6, 6.07) is 14.6. The summed E-state index contributed by atoms with van der Waals surface area (Å²) in [6.07, 6.45) is 16.5. The van der Waals surface area contributed by atoms with Crippen LogP contribution in [0.15, 0.2) is 36.4 Å². The molecule has 0 bridgehead atoms. The third kappa shape index (κ3) is 6.43. The second kappa shape index (κ2) is 13.6. The summed E-state index contributed by atoms with van der Waals surface area (Å²) in [4.78, 5) is 6.12. The second-order valence-electron chi connectivity index (χ2n) is 19.8. The zero-order valence-electron chi connectivity index (χ0n) is 33.9. The fraction of sp³-hybridized carbons (Fsp3) is 0.717. The Hall–Kier alpha value is -1.90. The van der Waals surface area contributed by atoms with Gasteiger partial charge < -0.3 is 9.80 Å². The van der Waals surface area contributed by atoms with Gasteiger partial charge in [-0.1, -0.05) is 130 Å². The van der Waals surface area contributed by atoms with Gasteiger partial charge in [-0.25, -0.2) is 0 Å². The SMILES string of the molecule is CC(C)c1cccc(C(C)C)c1N1[C](BC2N(c3c(C(C)C)cccc3C(C)C)C(C)(C)CC23CCCCC3)C2(CCCCC2)CC1(C)C. The molecule has 2 saturated carbocycles. The van der Waals surface area contributed by atoms with E-state index in [2.05, 4.69) is 129 Å². The third-order valence-electron chi connectivity index (χ3n) is 13.9. The number of benzene rings is 2. The van der Waals surface area contributed by atoms with Crippen molar-refractivity contribution in [1.29, 1.82) is 0 Å². The summed E-state index contributed by atoms with van der Waals surface area (Å²) in [5, 5.41) is 0. The molecule has 2 aliphatic heterocycles. The molecule has 1 atom stereocenters. The van der Waals surface area contributed by atoms with E-state index in [1.807, 2.05) is 5.94 Å². The van der Waals surface area contributed by atoms with Gasteiger partial charge in [-0.3, -0.25) is 0 Å². The molecule has 0 amide bonds. The third-order valence-corrected chi connectivity index (χ3v) is 13.9. The maximum absolute atomic E-state index is 3.09. The van der Waals surface area contributed by atoms with Crippen molar-refractivity contribution in [1.82, 2.24) is 0 Å². The molecule has 6 rings (SSSR count). The van der Waals surface area contributed by atoms with Crippen LogP contribution >= 0.6 is 0 Å². The minimum Gasteiger partial charge on any atom is -0.370 e. The second-order valence-corrected chi connectivity index (χ2v) is 19.8. The first-order valence-electron chi connectivity index (χ1n) is 20.8. The van der Waals surface area contributed by atoms with Gasteiger partial charge in [-0.2, -0.15) is 0 Å². The Morgan fingerprint density at radius 1 is 0.551 bits per heavy atom. The highest BCUT2D eigenvalue weighted by Crippen LogP contribution is 2.64. The molecule has 269 valence electrons. The summed E-state index contributed by atoms with van der Waals surface area (Å²) in [5.41, 5.74) is 10.2. The van der Waals surface area contributed by atoms with E-state index in [0.717, 1.165) is 0 Å². The van der Waals surface area contributed by atoms with E-state index in [0.29, 0.717) is 40.4 Å². The van der Waals surface area contributed by atoms with Crippen LogP contribution in [0.3, 0.4) is 0 Å². The summed E-state index contributed by atoms with van der Waals surface area (Å²) in [6.45, 7) is 29.9. The number of rotatable bonds is 8. The average Bonchev–Trinajstić information content (AvgIpc) is 3.37. The van der Waals surface area contributed by atoms with Crippen LogP contribution in [-0.2, 0) is 0 Å². The molecule has 2 heterocycles. The molecule has 49 heavy (non-hydrogen) atoms. The molecule has 1 unspecified atom stereocenters. The predicted octanol–water partition coefficient (Wildman–Crippen LogP) is 13.0. The Labute approximate surface area is 303 Å². The Balaban J connectivity index is 1.60. The van der Waals surface area contributed by atoms with Crippen molar-refractivity contribution < 1.29 is 0 Å². The Morgan fingerprint density at radius 3 is 1.43 bits per heavy atom. The van der Waals surface area contributed by atoms with Gasteiger partial charge in [0.25, 0.3) is 0 Å². The zero-order chi connectivity index (χ0) is 35.5. The van der Waals surface area contributed by atoms with Crippen molar-refractivity contribution in [3.8, 4) is 0 Å². The molecular formula is C46H72BN2. The topological polar surface area (TPSA) is 6.48 Å². The van der Waals surface area contributed by atoms with E-state index in [1.54, 1.807) is 33.6 Å². The van der Waals surface area contributed by atoms with Gasteiger partial charge in [0.1, 0.15) is 0 Å². The highest BCUT2D eigenvalue weighted by Gasteiger charge is 2.62. The van der Waals surface area contributed by atoms with Gasteiger partial charge in [-0.15, -0.1) is 0 Å². The Bertz CT molecular complexity index is 1290. The molecule has 2 aromatic carbocycles. The van der Waals surface area contributed by atoms with Gasteiger partial charge in [-0.05, 0) is 123 Å². The molecule has 2 saturated heterocycles. The molecule has 2 nitrogen and oxygen atoms in total. The normalized spacial score (nSPS) is 24.8. The van der Waals surface area contributed by atoms with E-state index in [4.69, 9.17) is 0 Å². The summed E-state index contributed by atoms with van der Waals surface area (Å²) < 4.78 is 0. The van der Waals surface area contributed by atoms with Crippen LogP contribution in [0, 0.1) is 16.8 Å². The predicted molar refractivity (Wildman–Crippen MR) is 217 cm³/mol. The molecule has 3 heteroatoms. The molecular weight excluding hydrogens is 591 g/mol. The van der Waals surface area contributed by atoms with E-state index in [-0.39, 0.29) is 11.1 Å². The maximum Gasteiger partial charge on any atom is 0.184 e. The summed E-state index contributed by atoms with van der Waals surface area (Å²) in [5.74, 6) is 4.31. The standard InChI is InChI=1S/C46H72BN2/c1-31(2)35-21-19-22-36(32(3)4)39(35)48-41(45(29-43(48,9)10)25-15-13-16-26-45)47-42-46(27-17-14-18-28-46)30-44(11,12)49(42)40-37(33(5)6)23-20-24-38(40)34(7)8/h19-24,31-34,41,47H,13-18,25-30H2,1-12H3. The van der Waals surface area contributed by atoms with Crippen LogP contribution in [0.25, 0.3) is 0 Å². The van der Waals surface area contributed by atoms with Crippen molar-refractivity contribution >= 4 is 18.7 Å². The Morgan fingerprint density at radius 2 is 0.980 bits per heavy atom. The fourth-order valence-electron chi connectivity index (χ4n) is 12.1. The first-order valence-corrected chi connectivity index (χ1v) is 20.8. The van der Waals surface area contributed by atoms with Crippen LogP contribution < -0.4 is 9.80 Å². The van der Waals surface area contributed by atoms with Gasteiger partial charge in [0.2, 0.25) is 0 Å². The van der Waals surface area contributed by atoms with E-state index < -0.39 is 0 Å². The quantitative estimate of drug-likeness (QED) is 0.259. The minimum absolute atomic E-state index is 0.0823. The van der Waals surface area contributed by atoms with Crippen molar-refractivity contribution in [3.63, 3.8) is 0 Å². The van der Waals surface area contributed by atoms with Gasteiger partial charge >= 0.3 is 0 Å². The minimum atomic E-state index is 0.0823. The van der Waals surface area contributed by atoms with Crippen LogP contribution in [0.1, 0.15) is 206 Å². The lowest BCUT2D eigenvalue weighted by atomic mass is 9.45. The van der Waals surface area contributed by atoms with Gasteiger partial charge in [0.15, 0.2) is 7.28 Å². The molecule has 2 aliphatic carbocycles. The first-order chi connectivity index (χ1) is 23.1. The van der Waals surface area contributed by atoms with Gasteiger partial charge in [0.05, 0.1) is 0 Å². The number of para-hydroxylation sites is 2. The van der Waals surface area contributed by atoms with Crippen LogP contribution in [0.4, 0.5) is 11.4 Å². The summed E-state index contributed by atoms with van der Waals surface area (Å²) >= 11 is 0. The lowest BCUT2D eigenvalue weighted by molar-refractivity contribution is 0.187. The molecule has 2 spiro atoms. The van der Waals surface area contributed by atoms with E-state index in [1.165, 1.54) is 84.3 Å². The molecule has 2 aromatic rings. The smallest absolute Gasteiger partial charge is 0.184 e. The maximum atomic E-state index is 3.09. The molecule has 0 N–H and O–H groups in total. The Kier molecular flexibility index (Phi) is 10.2. The highest BCUT2D eigenvalue weighted by molar-refractivity contribution is 6.48. The number of hydrogen-bond acceptors (Lipinski definition) is 2. The molecule has 0 aromatic heterocycles. The molecule has 4 fully saturated rings. The largest absolute Gasteiger partial charge is 0.370 e. The first kappa shape index (κ1) is 36.9. The number of hydrogen-bond donors (Lipinski definition) is 0. The highest BCUT2D eigenvalue weighted by atomic mass is 15.3. The number of anilines is 2. The van der Waals surface area contributed by atoms with E-state index in [9.17, 15) is 0 Å². The zero-order valence-corrected chi connectivity index (χ0v) is 33.9. The van der Waals surface area contributed by atoms with E-state index >= 15 is 0 Å².